The van der Waals surface area contributed by atoms with Crippen LogP contribution in [0.25, 0.3) is 16.9 Å². The average Bonchev–Trinajstić information content (AvgIpc) is 2.85. The quantitative estimate of drug-likeness (QED) is 0.751. The van der Waals surface area contributed by atoms with Crippen molar-refractivity contribution in [3.05, 3.63) is 65.2 Å². The third kappa shape index (κ3) is 3.00. The molecule has 3 heteroatoms. The van der Waals surface area contributed by atoms with Crippen molar-refractivity contribution in [2.75, 3.05) is 0 Å². The highest BCUT2D eigenvalue weighted by atomic mass is 16.3. The normalized spacial score (nSPS) is 10.9. The van der Waals surface area contributed by atoms with E-state index < -0.39 is 0 Å². The van der Waals surface area contributed by atoms with Crippen LogP contribution in [0, 0.1) is 13.8 Å². The van der Waals surface area contributed by atoms with Crippen molar-refractivity contribution in [1.29, 1.82) is 0 Å². The number of hydrogen-bond donors (Lipinski definition) is 1. The third-order valence-electron chi connectivity index (χ3n) is 4.03. The second-order valence-electron chi connectivity index (χ2n) is 6.02. The van der Waals surface area contributed by atoms with Gasteiger partial charge in [-0.25, -0.2) is 4.68 Å². The molecule has 3 aromatic rings. The molecule has 0 aliphatic heterocycles. The van der Waals surface area contributed by atoms with Crippen LogP contribution in [-0.2, 0) is 6.42 Å². The maximum atomic E-state index is 10.4. The molecule has 0 amide bonds. The van der Waals surface area contributed by atoms with Gasteiger partial charge in [0.05, 0.1) is 11.4 Å². The summed E-state index contributed by atoms with van der Waals surface area (Å²) < 4.78 is 1.86. The van der Waals surface area contributed by atoms with Crippen molar-refractivity contribution in [1.82, 2.24) is 9.78 Å². The monoisotopic (exact) mass is 306 g/mol. The van der Waals surface area contributed by atoms with E-state index in [1.165, 1.54) is 11.1 Å². The molecule has 0 saturated carbocycles. The van der Waals surface area contributed by atoms with E-state index in [0.717, 1.165) is 35.3 Å². The molecule has 0 radical (unpaired) electrons. The van der Waals surface area contributed by atoms with E-state index in [0.29, 0.717) is 0 Å². The molecule has 3 rings (SSSR count). The summed E-state index contributed by atoms with van der Waals surface area (Å²) in [4.78, 5) is 0. The number of aromatic hydroxyl groups is 1. The largest absolute Gasteiger partial charge is 0.492 e. The molecule has 23 heavy (non-hydrogen) atoms. The van der Waals surface area contributed by atoms with Gasteiger partial charge in [0.1, 0.15) is 0 Å². The summed E-state index contributed by atoms with van der Waals surface area (Å²) in [5.41, 5.74) is 6.35. The van der Waals surface area contributed by atoms with Gasteiger partial charge in [0.15, 0.2) is 0 Å². The molecule has 1 aromatic heterocycles. The minimum atomic E-state index is 0.129. The van der Waals surface area contributed by atoms with Crippen LogP contribution in [0.1, 0.15) is 30.0 Å². The van der Waals surface area contributed by atoms with Gasteiger partial charge in [0.25, 0.3) is 0 Å². The molecule has 118 valence electrons. The van der Waals surface area contributed by atoms with Gasteiger partial charge >= 0.3 is 0 Å². The number of hydrogen-bond acceptors (Lipinski definition) is 2. The Hall–Kier alpha value is -2.55. The van der Waals surface area contributed by atoms with Gasteiger partial charge in [0.2, 0.25) is 5.88 Å². The summed E-state index contributed by atoms with van der Waals surface area (Å²) in [6.45, 7) is 6.26. The zero-order chi connectivity index (χ0) is 16.4. The number of rotatable bonds is 4. The number of aryl methyl sites for hydroxylation is 2. The molecule has 2 aromatic carbocycles. The summed E-state index contributed by atoms with van der Waals surface area (Å²) in [5, 5.41) is 14.8. The van der Waals surface area contributed by atoms with E-state index in [2.05, 4.69) is 56.2 Å². The molecular formula is C20H22N2O. The van der Waals surface area contributed by atoms with Crippen LogP contribution >= 0.6 is 0 Å². The summed E-state index contributed by atoms with van der Waals surface area (Å²) in [5.74, 6) is 0.129. The summed E-state index contributed by atoms with van der Waals surface area (Å²) >= 11 is 0. The lowest BCUT2D eigenvalue weighted by molar-refractivity contribution is 0.442. The smallest absolute Gasteiger partial charge is 0.234 e. The highest BCUT2D eigenvalue weighted by molar-refractivity contribution is 5.69. The molecule has 0 atom stereocenters. The van der Waals surface area contributed by atoms with Crippen molar-refractivity contribution in [3.63, 3.8) is 0 Å². The van der Waals surface area contributed by atoms with Crippen LogP contribution in [-0.4, -0.2) is 14.9 Å². The molecule has 0 saturated heterocycles. The van der Waals surface area contributed by atoms with Crippen LogP contribution in [0.15, 0.2) is 48.5 Å². The second-order valence-corrected chi connectivity index (χ2v) is 6.02. The van der Waals surface area contributed by atoms with Crippen molar-refractivity contribution in [2.24, 2.45) is 0 Å². The highest BCUT2D eigenvalue weighted by Crippen LogP contribution is 2.33. The maximum Gasteiger partial charge on any atom is 0.234 e. The van der Waals surface area contributed by atoms with Crippen molar-refractivity contribution in [3.8, 4) is 22.8 Å². The Kier molecular flexibility index (Phi) is 4.20. The molecule has 0 aliphatic rings. The van der Waals surface area contributed by atoms with Crippen molar-refractivity contribution >= 4 is 0 Å². The topological polar surface area (TPSA) is 38.1 Å². The SMILES string of the molecule is CCCc1c(O)nn(-c2ccc(C)cc2)c1-c1cccc(C)c1. The first-order chi connectivity index (χ1) is 11.1. The van der Waals surface area contributed by atoms with E-state index in [-0.39, 0.29) is 5.88 Å². The molecule has 0 spiro atoms. The number of aromatic nitrogens is 2. The van der Waals surface area contributed by atoms with E-state index >= 15 is 0 Å². The molecule has 0 bridgehead atoms. The number of benzene rings is 2. The van der Waals surface area contributed by atoms with Gasteiger partial charge < -0.3 is 5.11 Å². The Morgan fingerprint density at radius 1 is 1.00 bits per heavy atom. The second kappa shape index (κ2) is 6.29. The molecule has 1 N–H and O–H groups in total. The van der Waals surface area contributed by atoms with E-state index in [9.17, 15) is 5.11 Å². The van der Waals surface area contributed by atoms with E-state index in [4.69, 9.17) is 0 Å². The first-order valence-corrected chi connectivity index (χ1v) is 8.05. The number of nitrogens with zero attached hydrogens (tertiary/aromatic N) is 2. The van der Waals surface area contributed by atoms with Crippen LogP contribution in [0.3, 0.4) is 0 Å². The Labute approximate surface area is 137 Å². The molecule has 0 aliphatic carbocycles. The zero-order valence-electron chi connectivity index (χ0n) is 13.9. The summed E-state index contributed by atoms with van der Waals surface area (Å²) in [6.07, 6.45) is 1.77. The van der Waals surface area contributed by atoms with Crippen LogP contribution in [0.4, 0.5) is 0 Å². The van der Waals surface area contributed by atoms with Crippen LogP contribution < -0.4 is 0 Å². The van der Waals surface area contributed by atoms with Gasteiger partial charge in [-0.3, -0.25) is 0 Å². The summed E-state index contributed by atoms with van der Waals surface area (Å²) in [7, 11) is 0. The predicted octanol–water partition coefficient (Wildman–Crippen LogP) is 4.81. The van der Waals surface area contributed by atoms with Gasteiger partial charge in [-0.15, -0.1) is 5.10 Å². The van der Waals surface area contributed by atoms with Crippen molar-refractivity contribution < 1.29 is 5.11 Å². The minimum Gasteiger partial charge on any atom is -0.492 e. The predicted molar refractivity (Wildman–Crippen MR) is 94.1 cm³/mol. The van der Waals surface area contributed by atoms with Gasteiger partial charge in [-0.2, -0.15) is 0 Å². The Balaban J connectivity index is 2.23. The molecule has 0 fully saturated rings. The van der Waals surface area contributed by atoms with Gasteiger partial charge in [0, 0.05) is 11.1 Å². The average molecular weight is 306 g/mol. The van der Waals surface area contributed by atoms with Gasteiger partial charge in [-0.05, 0) is 38.5 Å². The first kappa shape index (κ1) is 15.3. The fraction of sp³-hybridized carbons (Fsp3) is 0.250. The first-order valence-electron chi connectivity index (χ1n) is 8.05. The Bertz CT molecular complexity index is 816. The Morgan fingerprint density at radius 2 is 1.74 bits per heavy atom. The Morgan fingerprint density at radius 3 is 2.39 bits per heavy atom. The lowest BCUT2D eigenvalue weighted by Gasteiger charge is -2.10. The lowest BCUT2D eigenvalue weighted by atomic mass is 10.0. The standard InChI is InChI=1S/C20H22N2O/c1-4-6-18-19(16-8-5-7-15(3)13-16)22(21-20(18)23)17-11-9-14(2)10-12-17/h5,7-13H,4,6H2,1-3H3,(H,21,23). The zero-order valence-corrected chi connectivity index (χ0v) is 13.9. The third-order valence-corrected chi connectivity index (χ3v) is 4.03. The van der Waals surface area contributed by atoms with E-state index in [1.807, 2.05) is 22.9 Å². The highest BCUT2D eigenvalue weighted by Gasteiger charge is 2.19. The molecular weight excluding hydrogens is 284 g/mol. The van der Waals surface area contributed by atoms with Crippen LogP contribution in [0.5, 0.6) is 5.88 Å². The van der Waals surface area contributed by atoms with E-state index in [1.54, 1.807) is 0 Å². The fourth-order valence-electron chi connectivity index (χ4n) is 2.88. The maximum absolute atomic E-state index is 10.4. The minimum absolute atomic E-state index is 0.129. The molecule has 0 unspecified atom stereocenters. The molecule has 1 heterocycles. The van der Waals surface area contributed by atoms with Gasteiger partial charge in [-0.1, -0.05) is 54.8 Å². The molecule has 3 nitrogen and oxygen atoms in total. The van der Waals surface area contributed by atoms with Crippen LogP contribution in [0.2, 0.25) is 0 Å². The van der Waals surface area contributed by atoms with Crippen molar-refractivity contribution in [2.45, 2.75) is 33.6 Å². The summed E-state index contributed by atoms with van der Waals surface area (Å²) in [6, 6.07) is 16.5. The fourth-order valence-corrected chi connectivity index (χ4v) is 2.88. The lowest BCUT2D eigenvalue weighted by Crippen LogP contribution is -2.00.